The Kier molecular flexibility index (Phi) is 11.3. The smallest absolute Gasteiger partial charge is 0.375 e. The predicted octanol–water partition coefficient (Wildman–Crippen LogP) is -0.000500. The number of rotatable bonds is 12. The van der Waals surface area contributed by atoms with Crippen LogP contribution in [0, 0.1) is 11.8 Å². The first-order chi connectivity index (χ1) is 12.7. The van der Waals surface area contributed by atoms with E-state index in [1.807, 2.05) is 0 Å². The fourth-order valence-corrected chi connectivity index (χ4v) is 2.03. The minimum absolute atomic E-state index is 0.110. The molecule has 0 saturated carbocycles. The maximum absolute atomic E-state index is 12.2. The van der Waals surface area contributed by atoms with Crippen molar-refractivity contribution in [1.29, 1.82) is 0 Å². The molecule has 10 heteroatoms. The van der Waals surface area contributed by atoms with Crippen LogP contribution in [0.4, 0.5) is 0 Å². The van der Waals surface area contributed by atoms with Crippen LogP contribution in [-0.2, 0) is 47.7 Å². The number of esters is 4. The highest BCUT2D eigenvalue weighted by atomic mass is 16.6. The molecule has 0 amide bonds. The molecule has 0 aliphatic heterocycles. The Labute approximate surface area is 156 Å². The van der Waals surface area contributed by atoms with Crippen molar-refractivity contribution < 1.29 is 47.7 Å². The van der Waals surface area contributed by atoms with Gasteiger partial charge in [-0.3, -0.25) is 19.2 Å². The minimum Gasteiger partial charge on any atom is -0.465 e. The zero-order valence-corrected chi connectivity index (χ0v) is 15.8. The van der Waals surface area contributed by atoms with Gasteiger partial charge in [0.05, 0.1) is 26.4 Å². The highest BCUT2D eigenvalue weighted by molar-refractivity contribution is 6.39. The van der Waals surface area contributed by atoms with Crippen molar-refractivity contribution in [2.45, 2.75) is 34.1 Å². The Hall–Kier alpha value is -2.78. The van der Waals surface area contributed by atoms with E-state index in [1.165, 1.54) is 27.7 Å². The van der Waals surface area contributed by atoms with E-state index in [9.17, 15) is 28.8 Å². The summed E-state index contributed by atoms with van der Waals surface area (Å²) >= 11 is 0. The molecule has 0 aromatic heterocycles. The van der Waals surface area contributed by atoms with Crippen LogP contribution in [0.3, 0.4) is 0 Å². The molecule has 0 rings (SSSR count). The third-order valence-corrected chi connectivity index (χ3v) is 3.20. The number of ketones is 2. The highest BCUT2D eigenvalue weighted by Gasteiger charge is 2.43. The number of hydrogen-bond donors (Lipinski definition) is 0. The van der Waals surface area contributed by atoms with E-state index in [2.05, 4.69) is 9.47 Å². The van der Waals surface area contributed by atoms with Crippen LogP contribution in [0.1, 0.15) is 34.1 Å². The van der Waals surface area contributed by atoms with Gasteiger partial charge in [0, 0.05) is 0 Å². The molecule has 2 atom stereocenters. The summed E-state index contributed by atoms with van der Waals surface area (Å²) in [4.78, 5) is 72.1. The molecule has 0 saturated heterocycles. The van der Waals surface area contributed by atoms with Crippen LogP contribution in [0.15, 0.2) is 0 Å². The SMILES string of the molecule is CCOC(=O)C(=O)[C@H](C[C@H](C(=O)OCC)C(=O)C(=O)OCC)C(=O)OCC. The summed E-state index contributed by atoms with van der Waals surface area (Å²) in [5.41, 5.74) is 0. The van der Waals surface area contributed by atoms with Crippen LogP contribution in [0.5, 0.6) is 0 Å². The van der Waals surface area contributed by atoms with Crippen molar-refractivity contribution in [3.8, 4) is 0 Å². The zero-order valence-electron chi connectivity index (χ0n) is 15.8. The van der Waals surface area contributed by atoms with E-state index in [0.717, 1.165) is 0 Å². The second-order valence-corrected chi connectivity index (χ2v) is 5.01. The summed E-state index contributed by atoms with van der Waals surface area (Å²) in [6.07, 6.45) is -0.785. The van der Waals surface area contributed by atoms with Gasteiger partial charge in [0.2, 0.25) is 0 Å². The predicted molar refractivity (Wildman–Crippen MR) is 88.1 cm³/mol. The molecule has 27 heavy (non-hydrogen) atoms. The van der Waals surface area contributed by atoms with Gasteiger partial charge >= 0.3 is 23.9 Å². The molecule has 0 bridgehead atoms. The van der Waals surface area contributed by atoms with Gasteiger partial charge in [0.15, 0.2) is 0 Å². The van der Waals surface area contributed by atoms with Gasteiger partial charge in [-0.2, -0.15) is 0 Å². The fraction of sp³-hybridized carbons (Fsp3) is 0.647. The number of Topliss-reactive ketones (excluding diaryl/α,β-unsaturated/α-hetero) is 2. The fourth-order valence-electron chi connectivity index (χ4n) is 2.03. The standard InChI is InChI=1S/C17H24O10/c1-5-24-14(20)10(12(18)16(22)26-7-3)9-11(15(21)25-6-2)13(19)17(23)27-8-4/h10-11H,5-9H2,1-4H3/t10-,11-/m0/s1. The number of hydrogen-bond acceptors (Lipinski definition) is 10. The van der Waals surface area contributed by atoms with Crippen LogP contribution < -0.4 is 0 Å². The minimum atomic E-state index is -1.81. The molecule has 0 fully saturated rings. The lowest BCUT2D eigenvalue weighted by Gasteiger charge is -2.18. The lowest BCUT2D eigenvalue weighted by atomic mass is 9.88. The molecule has 0 aliphatic rings. The summed E-state index contributed by atoms with van der Waals surface area (Å²) in [5, 5.41) is 0. The van der Waals surface area contributed by atoms with Crippen LogP contribution in [0.25, 0.3) is 0 Å². The van der Waals surface area contributed by atoms with E-state index in [4.69, 9.17) is 9.47 Å². The van der Waals surface area contributed by atoms with Gasteiger partial charge in [-0.15, -0.1) is 0 Å². The first-order valence-corrected chi connectivity index (χ1v) is 8.50. The second kappa shape index (κ2) is 12.6. The monoisotopic (exact) mass is 388 g/mol. The first-order valence-electron chi connectivity index (χ1n) is 8.50. The molecular weight excluding hydrogens is 364 g/mol. The van der Waals surface area contributed by atoms with Crippen molar-refractivity contribution in [2.75, 3.05) is 26.4 Å². The molecule has 0 spiro atoms. The van der Waals surface area contributed by atoms with E-state index in [0.29, 0.717) is 0 Å². The third-order valence-electron chi connectivity index (χ3n) is 3.20. The van der Waals surface area contributed by atoms with E-state index < -0.39 is 53.7 Å². The van der Waals surface area contributed by atoms with Crippen molar-refractivity contribution in [3.63, 3.8) is 0 Å². The summed E-state index contributed by atoms with van der Waals surface area (Å²) in [5.74, 6) is -11.1. The Morgan fingerprint density at radius 3 is 1.11 bits per heavy atom. The Morgan fingerprint density at radius 2 is 0.852 bits per heavy atom. The average molecular weight is 388 g/mol. The Balaban J connectivity index is 5.74. The van der Waals surface area contributed by atoms with Crippen molar-refractivity contribution >= 4 is 35.4 Å². The van der Waals surface area contributed by atoms with Crippen molar-refractivity contribution in [2.24, 2.45) is 11.8 Å². The maximum atomic E-state index is 12.2. The molecule has 0 aliphatic carbocycles. The molecule has 0 radical (unpaired) electrons. The van der Waals surface area contributed by atoms with Crippen LogP contribution in [-0.4, -0.2) is 61.9 Å². The van der Waals surface area contributed by atoms with Crippen LogP contribution >= 0.6 is 0 Å². The summed E-state index contributed by atoms with van der Waals surface area (Å²) in [6, 6.07) is 0. The van der Waals surface area contributed by atoms with Crippen molar-refractivity contribution in [1.82, 2.24) is 0 Å². The summed E-state index contributed by atoms with van der Waals surface area (Å²) in [6.45, 7) is 5.38. The summed E-state index contributed by atoms with van der Waals surface area (Å²) < 4.78 is 18.6. The van der Waals surface area contributed by atoms with Crippen LogP contribution in [0.2, 0.25) is 0 Å². The average Bonchev–Trinajstić information content (AvgIpc) is 2.62. The molecule has 0 N–H and O–H groups in total. The Morgan fingerprint density at radius 1 is 0.556 bits per heavy atom. The summed E-state index contributed by atoms with van der Waals surface area (Å²) in [7, 11) is 0. The quantitative estimate of drug-likeness (QED) is 0.194. The number of carbonyl (C=O) groups excluding carboxylic acids is 6. The molecule has 152 valence electrons. The zero-order chi connectivity index (χ0) is 21.0. The van der Waals surface area contributed by atoms with Gasteiger partial charge in [0.25, 0.3) is 11.6 Å². The maximum Gasteiger partial charge on any atom is 0.375 e. The van der Waals surface area contributed by atoms with Gasteiger partial charge in [0.1, 0.15) is 11.8 Å². The first kappa shape index (κ1) is 24.2. The van der Waals surface area contributed by atoms with Gasteiger partial charge in [-0.05, 0) is 34.1 Å². The molecule has 0 unspecified atom stereocenters. The topological polar surface area (TPSA) is 139 Å². The highest BCUT2D eigenvalue weighted by Crippen LogP contribution is 2.20. The molecule has 0 aromatic rings. The molecule has 10 nitrogen and oxygen atoms in total. The van der Waals surface area contributed by atoms with Gasteiger partial charge in [-0.1, -0.05) is 0 Å². The number of carbonyl (C=O) groups is 6. The Bertz CT molecular complexity index is 530. The molecule has 0 heterocycles. The third kappa shape index (κ3) is 7.55. The molecular formula is C17H24O10. The molecule has 0 aromatic carbocycles. The van der Waals surface area contributed by atoms with Gasteiger partial charge < -0.3 is 18.9 Å². The number of ether oxygens (including phenoxy) is 4. The second-order valence-electron chi connectivity index (χ2n) is 5.01. The van der Waals surface area contributed by atoms with Gasteiger partial charge in [-0.25, -0.2) is 9.59 Å². The normalized spacial score (nSPS) is 12.3. The largest absolute Gasteiger partial charge is 0.465 e. The van der Waals surface area contributed by atoms with E-state index >= 15 is 0 Å². The van der Waals surface area contributed by atoms with E-state index in [-0.39, 0.29) is 26.4 Å². The lowest BCUT2D eigenvalue weighted by Crippen LogP contribution is -2.40. The van der Waals surface area contributed by atoms with E-state index in [1.54, 1.807) is 0 Å². The van der Waals surface area contributed by atoms with Crippen molar-refractivity contribution in [3.05, 3.63) is 0 Å². The lowest BCUT2D eigenvalue weighted by molar-refractivity contribution is -0.166.